The van der Waals surface area contributed by atoms with Crippen molar-refractivity contribution in [2.45, 2.75) is 39.2 Å². The Hall–Kier alpha value is -2.82. The fourth-order valence-corrected chi connectivity index (χ4v) is 2.63. The van der Waals surface area contributed by atoms with E-state index in [0.717, 1.165) is 17.7 Å². The molecule has 27 heavy (non-hydrogen) atoms. The largest absolute Gasteiger partial charge is 0.489 e. The van der Waals surface area contributed by atoms with E-state index in [1.807, 2.05) is 30.3 Å². The van der Waals surface area contributed by atoms with Gasteiger partial charge in [-0.2, -0.15) is 0 Å². The maximum Gasteiger partial charge on any atom is 0.360 e. The Kier molecular flexibility index (Phi) is 6.99. The van der Waals surface area contributed by atoms with Crippen molar-refractivity contribution < 1.29 is 19.1 Å². The fourth-order valence-electron chi connectivity index (χ4n) is 2.63. The molecule has 5 heteroatoms. The summed E-state index contributed by atoms with van der Waals surface area (Å²) < 4.78 is 10.7. The first-order valence-electron chi connectivity index (χ1n) is 8.94. The van der Waals surface area contributed by atoms with E-state index in [4.69, 9.17) is 14.3 Å². The van der Waals surface area contributed by atoms with Gasteiger partial charge in [0.25, 0.3) is 0 Å². The summed E-state index contributed by atoms with van der Waals surface area (Å²) in [5, 5.41) is 3.82. The van der Waals surface area contributed by atoms with E-state index in [0.29, 0.717) is 12.2 Å². The molecule has 144 valence electrons. The molecule has 2 aromatic rings. The molecule has 0 aliphatic carbocycles. The van der Waals surface area contributed by atoms with Crippen molar-refractivity contribution in [3.05, 3.63) is 65.2 Å². The van der Waals surface area contributed by atoms with E-state index in [2.05, 4.69) is 38.1 Å². The first-order valence-corrected chi connectivity index (χ1v) is 8.94. The van der Waals surface area contributed by atoms with Gasteiger partial charge in [0, 0.05) is 5.56 Å². The van der Waals surface area contributed by atoms with Crippen molar-refractivity contribution in [1.82, 2.24) is 0 Å². The number of carbonyl (C=O) groups is 1. The Labute approximate surface area is 160 Å². The number of rotatable bonds is 8. The zero-order valence-corrected chi connectivity index (χ0v) is 16.6. The molecule has 0 spiro atoms. The number of carbonyl (C=O) groups excluding carboxylic acids is 1. The van der Waals surface area contributed by atoms with Gasteiger partial charge in [0.15, 0.2) is 5.71 Å². The summed E-state index contributed by atoms with van der Waals surface area (Å²) in [4.78, 5) is 16.8. The lowest BCUT2D eigenvalue weighted by Crippen LogP contribution is -2.19. The predicted molar refractivity (Wildman–Crippen MR) is 106 cm³/mol. The zero-order valence-electron chi connectivity index (χ0n) is 16.6. The second-order valence-electron chi connectivity index (χ2n) is 6.82. The first-order chi connectivity index (χ1) is 12.9. The third-order valence-corrected chi connectivity index (χ3v) is 4.75. The minimum Gasteiger partial charge on any atom is -0.489 e. The monoisotopic (exact) mass is 369 g/mol. The summed E-state index contributed by atoms with van der Waals surface area (Å²) in [6, 6.07) is 15.5. The van der Waals surface area contributed by atoms with Crippen LogP contribution in [0.25, 0.3) is 0 Å². The molecule has 0 N–H and O–H groups in total. The van der Waals surface area contributed by atoms with Gasteiger partial charge in [-0.25, -0.2) is 4.79 Å². The van der Waals surface area contributed by atoms with Crippen molar-refractivity contribution in [2.75, 3.05) is 14.2 Å². The molecular formula is C22H27NO4. The number of benzene rings is 2. The molecule has 0 heterocycles. The van der Waals surface area contributed by atoms with Crippen LogP contribution in [0.2, 0.25) is 0 Å². The average molecular weight is 369 g/mol. The highest BCUT2D eigenvalue weighted by Gasteiger charge is 2.20. The van der Waals surface area contributed by atoms with Crippen molar-refractivity contribution in [1.29, 1.82) is 0 Å². The molecule has 2 rings (SSSR count). The van der Waals surface area contributed by atoms with Gasteiger partial charge in [-0.15, -0.1) is 0 Å². The normalized spacial score (nSPS) is 11.8. The number of methoxy groups -OCH3 is 1. The summed E-state index contributed by atoms with van der Waals surface area (Å²) in [5.74, 6) is 0.208. The molecular weight excluding hydrogens is 342 g/mol. The number of nitrogens with zero attached hydrogens (tertiary/aromatic N) is 1. The highest BCUT2D eigenvalue weighted by atomic mass is 16.6. The maximum atomic E-state index is 12.0. The molecule has 5 nitrogen and oxygen atoms in total. The lowest BCUT2D eigenvalue weighted by atomic mass is 9.82. The molecule has 0 amide bonds. The van der Waals surface area contributed by atoms with Crippen molar-refractivity contribution >= 4 is 11.7 Å². The van der Waals surface area contributed by atoms with Crippen LogP contribution >= 0.6 is 0 Å². The summed E-state index contributed by atoms with van der Waals surface area (Å²) in [7, 11) is 2.70. The predicted octanol–water partition coefficient (Wildman–Crippen LogP) is 4.48. The fraction of sp³-hybridized carbons (Fsp3) is 0.364. The Balaban J connectivity index is 2.19. The van der Waals surface area contributed by atoms with Gasteiger partial charge in [0.05, 0.1) is 7.11 Å². The van der Waals surface area contributed by atoms with Crippen LogP contribution in [0.4, 0.5) is 0 Å². The van der Waals surface area contributed by atoms with Gasteiger partial charge < -0.3 is 14.3 Å². The van der Waals surface area contributed by atoms with Gasteiger partial charge >= 0.3 is 5.97 Å². The lowest BCUT2D eigenvalue weighted by Gasteiger charge is -2.23. The van der Waals surface area contributed by atoms with Gasteiger partial charge in [0.2, 0.25) is 0 Å². The van der Waals surface area contributed by atoms with E-state index in [1.54, 1.807) is 6.07 Å². The summed E-state index contributed by atoms with van der Waals surface area (Å²) in [6.07, 6.45) is 1.07. The molecule has 0 aliphatic rings. The molecule has 0 saturated carbocycles. The standard InChI is InChI=1S/C22H27NO4/c1-6-22(2,3)17-11-13-18(14-12-17)27-15-16-9-7-8-10-19(16)20(23-26-5)21(24)25-4/h7-14H,6,15H2,1-5H3. The minimum atomic E-state index is -0.560. The van der Waals surface area contributed by atoms with Crippen molar-refractivity contribution in [3.8, 4) is 5.75 Å². The van der Waals surface area contributed by atoms with Crippen LogP contribution in [0.5, 0.6) is 5.75 Å². The number of hydrogen-bond donors (Lipinski definition) is 0. The Bertz CT molecular complexity index is 794. The number of ether oxygens (including phenoxy) is 2. The average Bonchev–Trinajstić information content (AvgIpc) is 2.70. The number of oxime groups is 1. The molecule has 0 unspecified atom stereocenters. The summed E-state index contributed by atoms with van der Waals surface area (Å²) in [6.45, 7) is 6.93. The van der Waals surface area contributed by atoms with Crippen LogP contribution < -0.4 is 4.74 Å². The van der Waals surface area contributed by atoms with E-state index in [1.165, 1.54) is 19.8 Å². The molecule has 0 bridgehead atoms. The van der Waals surface area contributed by atoms with Crippen LogP contribution in [-0.4, -0.2) is 25.9 Å². The molecule has 0 radical (unpaired) electrons. The van der Waals surface area contributed by atoms with E-state index in [9.17, 15) is 4.79 Å². The van der Waals surface area contributed by atoms with Gasteiger partial charge in [-0.05, 0) is 35.1 Å². The van der Waals surface area contributed by atoms with Crippen LogP contribution in [0.15, 0.2) is 53.7 Å². The third-order valence-electron chi connectivity index (χ3n) is 4.75. The molecule has 0 saturated heterocycles. The molecule has 0 atom stereocenters. The third kappa shape index (κ3) is 5.09. The molecule has 0 aliphatic heterocycles. The molecule has 0 fully saturated rings. The quantitative estimate of drug-likeness (QED) is 0.391. The van der Waals surface area contributed by atoms with Crippen LogP contribution in [0.3, 0.4) is 0 Å². The van der Waals surface area contributed by atoms with E-state index >= 15 is 0 Å². The number of hydrogen-bond acceptors (Lipinski definition) is 5. The lowest BCUT2D eigenvalue weighted by molar-refractivity contribution is -0.132. The van der Waals surface area contributed by atoms with Crippen LogP contribution in [0.1, 0.15) is 43.9 Å². The highest BCUT2D eigenvalue weighted by Crippen LogP contribution is 2.28. The highest BCUT2D eigenvalue weighted by molar-refractivity contribution is 6.43. The van der Waals surface area contributed by atoms with Crippen LogP contribution in [0, 0.1) is 0 Å². The Morgan fingerprint density at radius 2 is 1.70 bits per heavy atom. The molecule has 0 aromatic heterocycles. The van der Waals surface area contributed by atoms with Crippen molar-refractivity contribution in [2.24, 2.45) is 5.16 Å². The smallest absolute Gasteiger partial charge is 0.360 e. The SMILES string of the molecule is CCC(C)(C)c1ccc(OCc2ccccc2C(=NOC)C(=O)OC)cc1. The Morgan fingerprint density at radius 1 is 1.04 bits per heavy atom. The second kappa shape index (κ2) is 9.21. The van der Waals surface area contributed by atoms with Gasteiger partial charge in [0.1, 0.15) is 19.5 Å². The summed E-state index contributed by atoms with van der Waals surface area (Å²) >= 11 is 0. The van der Waals surface area contributed by atoms with Gasteiger partial charge in [-0.3, -0.25) is 0 Å². The maximum absolute atomic E-state index is 12.0. The minimum absolute atomic E-state index is 0.110. The second-order valence-corrected chi connectivity index (χ2v) is 6.82. The number of esters is 1. The summed E-state index contributed by atoms with van der Waals surface area (Å²) in [5.41, 5.74) is 2.96. The first kappa shape index (κ1) is 20.5. The Morgan fingerprint density at radius 3 is 2.30 bits per heavy atom. The molecule has 2 aromatic carbocycles. The van der Waals surface area contributed by atoms with Gasteiger partial charge in [-0.1, -0.05) is 62.3 Å². The van der Waals surface area contributed by atoms with E-state index < -0.39 is 5.97 Å². The zero-order chi connectivity index (χ0) is 19.9. The van der Waals surface area contributed by atoms with E-state index in [-0.39, 0.29) is 11.1 Å². The topological polar surface area (TPSA) is 57.1 Å². The van der Waals surface area contributed by atoms with Crippen molar-refractivity contribution in [3.63, 3.8) is 0 Å². The van der Waals surface area contributed by atoms with Crippen LogP contribution in [-0.2, 0) is 26.4 Å².